The Hall–Kier alpha value is -1.43. The first-order valence-electron chi connectivity index (χ1n) is 6.45. The van der Waals surface area contributed by atoms with Crippen LogP contribution in [-0.4, -0.2) is 39.3 Å². The second kappa shape index (κ2) is 8.63. The second-order valence-corrected chi connectivity index (χ2v) is 4.20. The predicted octanol–water partition coefficient (Wildman–Crippen LogP) is 1.96. The molecule has 0 aliphatic heterocycles. The zero-order chi connectivity index (χ0) is 13.2. The summed E-state index contributed by atoms with van der Waals surface area (Å²) in [5, 5.41) is 15.9. The molecule has 0 radical (unpaired) electrons. The van der Waals surface area contributed by atoms with E-state index >= 15 is 0 Å². The van der Waals surface area contributed by atoms with Gasteiger partial charge in [0.05, 0.1) is 19.3 Å². The Kier molecular flexibility index (Phi) is 7.01. The molecule has 102 valence electrons. The van der Waals surface area contributed by atoms with E-state index in [0.29, 0.717) is 13.2 Å². The highest BCUT2D eigenvalue weighted by Gasteiger charge is 2.07. The number of unbranched alkanes of at least 4 members (excludes halogenated alkanes) is 4. The van der Waals surface area contributed by atoms with Crippen molar-refractivity contribution >= 4 is 5.97 Å². The fourth-order valence-electron chi connectivity index (χ4n) is 1.57. The SMILES string of the molecule is CCCCCCCOCCn1cc(C(=O)O)nn1. The van der Waals surface area contributed by atoms with Gasteiger partial charge in [0.2, 0.25) is 0 Å². The molecule has 18 heavy (non-hydrogen) atoms. The number of aromatic carboxylic acids is 1. The molecular weight excluding hydrogens is 234 g/mol. The van der Waals surface area contributed by atoms with Gasteiger partial charge in [-0.3, -0.25) is 0 Å². The molecule has 1 aromatic heterocycles. The Bertz CT molecular complexity index is 352. The monoisotopic (exact) mass is 255 g/mol. The van der Waals surface area contributed by atoms with Gasteiger partial charge in [0.1, 0.15) is 0 Å². The van der Waals surface area contributed by atoms with Crippen molar-refractivity contribution in [1.82, 2.24) is 15.0 Å². The third-order valence-corrected chi connectivity index (χ3v) is 2.61. The van der Waals surface area contributed by atoms with Crippen LogP contribution < -0.4 is 0 Å². The number of carboxylic acids is 1. The van der Waals surface area contributed by atoms with Gasteiger partial charge in [-0.15, -0.1) is 5.10 Å². The standard InChI is InChI=1S/C12H21N3O3/c1-2-3-4-5-6-8-18-9-7-15-10-11(12(16)17)13-14-15/h10H,2-9H2,1H3,(H,16,17). The molecule has 1 rings (SSSR count). The Morgan fingerprint density at radius 2 is 2.11 bits per heavy atom. The molecule has 0 saturated carbocycles. The van der Waals surface area contributed by atoms with Crippen LogP contribution in [0.3, 0.4) is 0 Å². The second-order valence-electron chi connectivity index (χ2n) is 4.20. The lowest BCUT2D eigenvalue weighted by Crippen LogP contribution is -2.07. The molecule has 0 saturated heterocycles. The van der Waals surface area contributed by atoms with Crippen molar-refractivity contribution < 1.29 is 14.6 Å². The van der Waals surface area contributed by atoms with Gasteiger partial charge in [-0.2, -0.15) is 0 Å². The average molecular weight is 255 g/mol. The lowest BCUT2D eigenvalue weighted by Gasteiger charge is -2.03. The Morgan fingerprint density at radius 3 is 2.78 bits per heavy atom. The number of nitrogens with zero attached hydrogens (tertiary/aromatic N) is 3. The number of hydrogen-bond donors (Lipinski definition) is 1. The number of aromatic nitrogens is 3. The molecule has 0 aromatic carbocycles. The van der Waals surface area contributed by atoms with Crippen LogP contribution in [-0.2, 0) is 11.3 Å². The van der Waals surface area contributed by atoms with Crippen molar-refractivity contribution in [2.24, 2.45) is 0 Å². The highest BCUT2D eigenvalue weighted by molar-refractivity contribution is 5.84. The van der Waals surface area contributed by atoms with E-state index in [2.05, 4.69) is 17.2 Å². The number of carboxylic acid groups (broad SMARTS) is 1. The van der Waals surface area contributed by atoms with Crippen molar-refractivity contribution in [2.75, 3.05) is 13.2 Å². The first-order valence-corrected chi connectivity index (χ1v) is 6.45. The molecule has 6 heteroatoms. The maximum Gasteiger partial charge on any atom is 0.358 e. The minimum atomic E-state index is -1.06. The largest absolute Gasteiger partial charge is 0.476 e. The highest BCUT2D eigenvalue weighted by atomic mass is 16.5. The summed E-state index contributed by atoms with van der Waals surface area (Å²) in [5.41, 5.74) is -0.0328. The predicted molar refractivity (Wildman–Crippen MR) is 66.6 cm³/mol. The summed E-state index contributed by atoms with van der Waals surface area (Å²) in [4.78, 5) is 10.6. The molecule has 0 atom stereocenters. The maximum absolute atomic E-state index is 10.6. The quantitative estimate of drug-likeness (QED) is 0.647. The summed E-state index contributed by atoms with van der Waals surface area (Å²) < 4.78 is 6.94. The van der Waals surface area contributed by atoms with E-state index in [9.17, 15) is 4.79 Å². The molecule has 0 aliphatic rings. The van der Waals surface area contributed by atoms with Gasteiger partial charge in [0, 0.05) is 6.61 Å². The Balaban J connectivity index is 2.02. The first kappa shape index (κ1) is 14.6. The average Bonchev–Trinajstić information content (AvgIpc) is 2.81. The normalized spacial score (nSPS) is 10.7. The maximum atomic E-state index is 10.6. The van der Waals surface area contributed by atoms with Crippen molar-refractivity contribution in [3.05, 3.63) is 11.9 Å². The van der Waals surface area contributed by atoms with Gasteiger partial charge in [-0.05, 0) is 6.42 Å². The molecule has 1 aromatic rings. The highest BCUT2D eigenvalue weighted by Crippen LogP contribution is 2.02. The molecule has 1 N–H and O–H groups in total. The lowest BCUT2D eigenvalue weighted by molar-refractivity contribution is 0.0690. The van der Waals surface area contributed by atoms with Crippen LogP contribution in [0.15, 0.2) is 6.20 Å². The molecule has 0 fully saturated rings. The minimum Gasteiger partial charge on any atom is -0.476 e. The molecule has 0 aliphatic carbocycles. The summed E-state index contributed by atoms with van der Waals surface area (Å²) >= 11 is 0. The molecule has 6 nitrogen and oxygen atoms in total. The first-order chi connectivity index (χ1) is 8.74. The van der Waals surface area contributed by atoms with Crippen molar-refractivity contribution in [2.45, 2.75) is 45.6 Å². The van der Waals surface area contributed by atoms with Gasteiger partial charge in [0.15, 0.2) is 5.69 Å². The van der Waals surface area contributed by atoms with Crippen LogP contribution in [0.2, 0.25) is 0 Å². The molecule has 1 heterocycles. The van der Waals surface area contributed by atoms with Gasteiger partial charge < -0.3 is 9.84 Å². The van der Waals surface area contributed by atoms with Crippen LogP contribution in [0, 0.1) is 0 Å². The Labute approximate surface area is 107 Å². The lowest BCUT2D eigenvalue weighted by atomic mass is 10.2. The number of ether oxygens (including phenoxy) is 1. The summed E-state index contributed by atoms with van der Waals surface area (Å²) in [6.45, 7) is 4.02. The van der Waals surface area contributed by atoms with E-state index in [0.717, 1.165) is 13.0 Å². The van der Waals surface area contributed by atoms with Gasteiger partial charge in [0.25, 0.3) is 0 Å². The zero-order valence-electron chi connectivity index (χ0n) is 10.8. The van der Waals surface area contributed by atoms with Crippen LogP contribution in [0.1, 0.15) is 49.5 Å². The van der Waals surface area contributed by atoms with Crippen LogP contribution in [0.4, 0.5) is 0 Å². The van der Waals surface area contributed by atoms with E-state index in [1.165, 1.54) is 36.6 Å². The van der Waals surface area contributed by atoms with E-state index in [4.69, 9.17) is 9.84 Å². The zero-order valence-corrected chi connectivity index (χ0v) is 10.8. The molecule has 0 bridgehead atoms. The van der Waals surface area contributed by atoms with E-state index in [1.54, 1.807) is 0 Å². The molecular formula is C12H21N3O3. The summed E-state index contributed by atoms with van der Waals surface area (Å²) in [5.74, 6) is -1.06. The van der Waals surface area contributed by atoms with E-state index < -0.39 is 5.97 Å². The van der Waals surface area contributed by atoms with Crippen molar-refractivity contribution in [1.29, 1.82) is 0 Å². The van der Waals surface area contributed by atoms with E-state index in [1.807, 2.05) is 0 Å². The van der Waals surface area contributed by atoms with Crippen LogP contribution in [0.25, 0.3) is 0 Å². The Morgan fingerprint density at radius 1 is 1.33 bits per heavy atom. The van der Waals surface area contributed by atoms with Crippen molar-refractivity contribution in [3.63, 3.8) is 0 Å². The fourth-order valence-corrected chi connectivity index (χ4v) is 1.57. The van der Waals surface area contributed by atoms with Gasteiger partial charge in [-0.1, -0.05) is 37.8 Å². The summed E-state index contributed by atoms with van der Waals surface area (Å²) in [7, 11) is 0. The number of hydrogen-bond acceptors (Lipinski definition) is 4. The smallest absolute Gasteiger partial charge is 0.358 e. The third-order valence-electron chi connectivity index (χ3n) is 2.61. The molecule has 0 spiro atoms. The molecule has 0 unspecified atom stereocenters. The summed E-state index contributed by atoms with van der Waals surface area (Å²) in [6.07, 6.45) is 7.51. The van der Waals surface area contributed by atoms with Gasteiger partial charge >= 0.3 is 5.97 Å². The number of carbonyl (C=O) groups is 1. The van der Waals surface area contributed by atoms with Crippen molar-refractivity contribution in [3.8, 4) is 0 Å². The van der Waals surface area contributed by atoms with Gasteiger partial charge in [-0.25, -0.2) is 9.48 Å². The molecule has 0 amide bonds. The fraction of sp³-hybridized carbons (Fsp3) is 0.750. The number of rotatable bonds is 10. The topological polar surface area (TPSA) is 77.2 Å². The third kappa shape index (κ3) is 5.77. The minimum absolute atomic E-state index is 0.0328. The van der Waals surface area contributed by atoms with E-state index in [-0.39, 0.29) is 5.69 Å². The summed E-state index contributed by atoms with van der Waals surface area (Å²) in [6, 6.07) is 0. The van der Waals surface area contributed by atoms with Crippen LogP contribution >= 0.6 is 0 Å². The van der Waals surface area contributed by atoms with Crippen LogP contribution in [0.5, 0.6) is 0 Å².